The number of thioether (sulfide) groups is 1. The van der Waals surface area contributed by atoms with Gasteiger partial charge < -0.3 is 4.90 Å². The first-order valence-corrected chi connectivity index (χ1v) is 8.37. The molecular formula is C16H14N4S2. The van der Waals surface area contributed by atoms with E-state index in [1.165, 1.54) is 10.6 Å². The molecule has 1 unspecified atom stereocenters. The minimum absolute atomic E-state index is 0.0989. The Bertz CT molecular complexity index is 788. The molecule has 1 aromatic heterocycles. The zero-order valence-electron chi connectivity index (χ0n) is 11.7. The summed E-state index contributed by atoms with van der Waals surface area (Å²) in [5, 5.41) is 8.51. The highest BCUT2D eigenvalue weighted by Crippen LogP contribution is 2.44. The molecule has 0 amide bonds. The van der Waals surface area contributed by atoms with Gasteiger partial charge in [0.05, 0.1) is 11.9 Å². The number of aromatic nitrogens is 3. The monoisotopic (exact) mass is 326 g/mol. The lowest BCUT2D eigenvalue weighted by Gasteiger charge is -2.22. The van der Waals surface area contributed by atoms with E-state index < -0.39 is 0 Å². The number of para-hydroxylation sites is 1. The fourth-order valence-corrected chi connectivity index (χ4v) is 4.04. The van der Waals surface area contributed by atoms with E-state index in [0.717, 1.165) is 11.3 Å². The summed E-state index contributed by atoms with van der Waals surface area (Å²) in [5.74, 6) is 0. The largest absolute Gasteiger partial charge is 0.330 e. The highest BCUT2D eigenvalue weighted by atomic mass is 32.2. The van der Waals surface area contributed by atoms with Crippen LogP contribution in [0.25, 0.3) is 11.3 Å². The second kappa shape index (κ2) is 5.70. The molecule has 1 atom stereocenters. The number of anilines is 1. The normalized spacial score (nSPS) is 16.8. The van der Waals surface area contributed by atoms with Gasteiger partial charge in [-0.2, -0.15) is 0 Å². The van der Waals surface area contributed by atoms with E-state index in [4.69, 9.17) is 0 Å². The van der Waals surface area contributed by atoms with Crippen molar-refractivity contribution in [2.75, 3.05) is 4.90 Å². The first-order chi connectivity index (χ1) is 10.8. The Hall–Kier alpha value is -1.92. The molecule has 0 aliphatic carbocycles. The molecule has 4 rings (SSSR count). The van der Waals surface area contributed by atoms with E-state index in [0.29, 0.717) is 6.67 Å². The Morgan fingerprint density at radius 2 is 1.82 bits per heavy atom. The zero-order chi connectivity index (χ0) is 14.9. The first kappa shape index (κ1) is 13.7. The molecule has 2 aromatic carbocycles. The zero-order valence-corrected chi connectivity index (χ0v) is 13.4. The summed E-state index contributed by atoms with van der Waals surface area (Å²) >= 11 is 6.42. The van der Waals surface area contributed by atoms with Crippen molar-refractivity contribution >= 4 is 30.1 Å². The lowest BCUT2D eigenvalue weighted by atomic mass is 10.2. The van der Waals surface area contributed by atoms with Crippen molar-refractivity contribution in [1.29, 1.82) is 0 Å². The van der Waals surface area contributed by atoms with Gasteiger partial charge in [-0.05, 0) is 12.1 Å². The number of thiol groups is 1. The second-order valence-corrected chi connectivity index (χ2v) is 6.99. The van der Waals surface area contributed by atoms with Crippen molar-refractivity contribution in [3.63, 3.8) is 0 Å². The Labute approximate surface area is 138 Å². The van der Waals surface area contributed by atoms with E-state index >= 15 is 0 Å². The number of hydrogen-bond acceptors (Lipinski definition) is 5. The van der Waals surface area contributed by atoms with Crippen LogP contribution >= 0.6 is 24.4 Å². The third-order valence-electron chi connectivity index (χ3n) is 3.58. The molecule has 1 aliphatic heterocycles. The van der Waals surface area contributed by atoms with E-state index in [2.05, 4.69) is 52.1 Å². The van der Waals surface area contributed by atoms with Crippen molar-refractivity contribution in [3.05, 3.63) is 60.8 Å². The summed E-state index contributed by atoms with van der Waals surface area (Å²) < 4.78 is 1.95. The van der Waals surface area contributed by atoms with Gasteiger partial charge in [0.1, 0.15) is 17.1 Å². The lowest BCUT2D eigenvalue weighted by Crippen LogP contribution is -2.28. The third-order valence-corrected chi connectivity index (χ3v) is 5.24. The quantitative estimate of drug-likeness (QED) is 0.744. The maximum atomic E-state index is 4.67. The standard InChI is InChI=1S/C16H14N4S2/c21-16-20(14-8-4-5-9-15(14)22-16)11-19-10-13(17-18-19)12-6-2-1-3-7-12/h1-10,16,21H,11H2. The van der Waals surface area contributed by atoms with Gasteiger partial charge in [0, 0.05) is 10.5 Å². The molecule has 4 nitrogen and oxygen atoms in total. The fourth-order valence-electron chi connectivity index (χ4n) is 2.50. The van der Waals surface area contributed by atoms with E-state index in [-0.39, 0.29) is 4.71 Å². The summed E-state index contributed by atoms with van der Waals surface area (Å²) in [6, 6.07) is 18.4. The number of fused-ring (bicyclic) bond motifs is 1. The van der Waals surface area contributed by atoms with Crippen LogP contribution in [0.3, 0.4) is 0 Å². The summed E-state index contributed by atoms with van der Waals surface area (Å²) in [4.78, 5) is 3.47. The van der Waals surface area contributed by atoms with Gasteiger partial charge in [-0.3, -0.25) is 0 Å². The number of nitrogens with zero attached hydrogens (tertiary/aromatic N) is 4. The average Bonchev–Trinajstić information content (AvgIpc) is 3.14. The minimum Gasteiger partial charge on any atom is -0.330 e. The summed E-state index contributed by atoms with van der Waals surface area (Å²) in [5.41, 5.74) is 3.16. The molecule has 0 N–H and O–H groups in total. The van der Waals surface area contributed by atoms with Gasteiger partial charge in [-0.15, -0.1) is 17.7 Å². The van der Waals surface area contributed by atoms with Gasteiger partial charge in [0.2, 0.25) is 0 Å². The predicted octanol–water partition coefficient (Wildman–Crippen LogP) is 3.73. The highest BCUT2D eigenvalue weighted by molar-refractivity contribution is 8.10. The molecular weight excluding hydrogens is 312 g/mol. The van der Waals surface area contributed by atoms with Crippen LogP contribution in [0.1, 0.15) is 0 Å². The molecule has 110 valence electrons. The molecule has 0 saturated carbocycles. The number of rotatable bonds is 3. The smallest absolute Gasteiger partial charge is 0.125 e. The summed E-state index contributed by atoms with van der Waals surface area (Å²) in [7, 11) is 0. The molecule has 6 heteroatoms. The van der Waals surface area contributed by atoms with E-state index in [9.17, 15) is 0 Å². The summed E-state index contributed by atoms with van der Waals surface area (Å²) in [6.07, 6.45) is 1.97. The summed E-state index contributed by atoms with van der Waals surface area (Å²) in [6.45, 7) is 0.637. The van der Waals surface area contributed by atoms with Crippen LogP contribution in [0.5, 0.6) is 0 Å². The minimum atomic E-state index is 0.0989. The molecule has 2 heterocycles. The average molecular weight is 326 g/mol. The van der Waals surface area contributed by atoms with Gasteiger partial charge in [-0.25, -0.2) is 4.68 Å². The highest BCUT2D eigenvalue weighted by Gasteiger charge is 2.27. The molecule has 0 saturated heterocycles. The van der Waals surface area contributed by atoms with Crippen molar-refractivity contribution in [2.24, 2.45) is 0 Å². The first-order valence-electron chi connectivity index (χ1n) is 6.97. The molecule has 0 spiro atoms. The Balaban J connectivity index is 1.59. The van der Waals surface area contributed by atoms with Crippen LogP contribution in [0.2, 0.25) is 0 Å². The molecule has 0 fully saturated rings. The van der Waals surface area contributed by atoms with Gasteiger partial charge in [0.25, 0.3) is 0 Å². The number of benzene rings is 2. The van der Waals surface area contributed by atoms with Crippen molar-refractivity contribution in [1.82, 2.24) is 15.0 Å². The van der Waals surface area contributed by atoms with Crippen LogP contribution in [0, 0.1) is 0 Å². The lowest BCUT2D eigenvalue weighted by molar-refractivity contribution is 0.575. The van der Waals surface area contributed by atoms with E-state index in [1.54, 1.807) is 11.8 Å². The predicted molar refractivity (Wildman–Crippen MR) is 93.0 cm³/mol. The van der Waals surface area contributed by atoms with Crippen LogP contribution in [-0.2, 0) is 6.67 Å². The second-order valence-electron chi connectivity index (χ2n) is 5.03. The topological polar surface area (TPSA) is 34.0 Å². The van der Waals surface area contributed by atoms with Gasteiger partial charge in [-0.1, -0.05) is 59.4 Å². The molecule has 0 radical (unpaired) electrons. The van der Waals surface area contributed by atoms with Gasteiger partial charge in [0.15, 0.2) is 0 Å². The molecule has 22 heavy (non-hydrogen) atoms. The van der Waals surface area contributed by atoms with Crippen LogP contribution in [0.4, 0.5) is 5.69 Å². The molecule has 1 aliphatic rings. The van der Waals surface area contributed by atoms with Gasteiger partial charge >= 0.3 is 0 Å². The van der Waals surface area contributed by atoms with Crippen LogP contribution < -0.4 is 4.90 Å². The number of hydrogen-bond donors (Lipinski definition) is 1. The van der Waals surface area contributed by atoms with E-state index in [1.807, 2.05) is 41.2 Å². The van der Waals surface area contributed by atoms with Crippen LogP contribution in [0.15, 0.2) is 65.7 Å². The van der Waals surface area contributed by atoms with Crippen molar-refractivity contribution < 1.29 is 0 Å². The fraction of sp³-hybridized carbons (Fsp3) is 0.125. The molecule has 3 aromatic rings. The third kappa shape index (κ3) is 2.48. The maximum Gasteiger partial charge on any atom is 0.125 e. The Morgan fingerprint density at radius 1 is 1.05 bits per heavy atom. The van der Waals surface area contributed by atoms with Crippen LogP contribution in [-0.4, -0.2) is 19.7 Å². The SMILES string of the molecule is SC1Sc2ccccc2N1Cn1cc(-c2ccccc2)nn1. The Morgan fingerprint density at radius 3 is 2.68 bits per heavy atom. The Kier molecular flexibility index (Phi) is 3.56. The van der Waals surface area contributed by atoms with Crippen molar-refractivity contribution in [2.45, 2.75) is 16.3 Å². The molecule has 0 bridgehead atoms. The van der Waals surface area contributed by atoms with Crippen molar-refractivity contribution in [3.8, 4) is 11.3 Å². The maximum absolute atomic E-state index is 4.67.